The largest absolute Gasteiger partial charge is 0.368 e. The molecule has 2 heterocycles. The molecule has 0 aliphatic carbocycles. The highest BCUT2D eigenvalue weighted by Crippen LogP contribution is 2.35. The summed E-state index contributed by atoms with van der Waals surface area (Å²) in [5.74, 6) is -0.291. The first kappa shape index (κ1) is 12.3. The standard InChI is InChI=1S/C9H15N3O2.ClH/c10-7(13)6-4-9(5-12-6)2-1-3-11-8(9)14;/h6,12H,1-5H2,(H2,10,13)(H,11,14);1H/t6-,9-;/m0./s1. The first-order chi connectivity index (χ1) is 6.64. The Balaban J connectivity index is 0.00000112. The number of nitrogens with one attached hydrogen (secondary N) is 2. The minimum absolute atomic E-state index is 0. The van der Waals surface area contributed by atoms with E-state index in [0.717, 1.165) is 19.4 Å². The zero-order chi connectivity index (χ0) is 10.2. The van der Waals surface area contributed by atoms with Gasteiger partial charge in [0.05, 0.1) is 11.5 Å². The zero-order valence-electron chi connectivity index (χ0n) is 8.41. The van der Waals surface area contributed by atoms with Crippen LogP contribution in [0.15, 0.2) is 0 Å². The van der Waals surface area contributed by atoms with Gasteiger partial charge in [-0.2, -0.15) is 0 Å². The average Bonchev–Trinajstić information content (AvgIpc) is 2.56. The fraction of sp³-hybridized carbons (Fsp3) is 0.778. The van der Waals surface area contributed by atoms with Gasteiger partial charge in [-0.1, -0.05) is 0 Å². The third kappa shape index (κ3) is 2.08. The first-order valence-corrected chi connectivity index (χ1v) is 4.95. The van der Waals surface area contributed by atoms with Crippen LogP contribution in [0.4, 0.5) is 0 Å². The van der Waals surface area contributed by atoms with Crippen molar-refractivity contribution in [1.82, 2.24) is 10.6 Å². The van der Waals surface area contributed by atoms with Gasteiger partial charge in [0.25, 0.3) is 0 Å². The number of hydrogen-bond acceptors (Lipinski definition) is 3. The molecule has 2 aliphatic heterocycles. The molecule has 0 radical (unpaired) electrons. The summed E-state index contributed by atoms with van der Waals surface area (Å²) in [4.78, 5) is 22.6. The molecule has 2 fully saturated rings. The second-order valence-electron chi connectivity index (χ2n) is 4.18. The number of amides is 2. The van der Waals surface area contributed by atoms with Crippen LogP contribution in [0.25, 0.3) is 0 Å². The highest BCUT2D eigenvalue weighted by molar-refractivity contribution is 5.87. The Kier molecular flexibility index (Phi) is 3.57. The van der Waals surface area contributed by atoms with Gasteiger partial charge in [0, 0.05) is 13.1 Å². The lowest BCUT2D eigenvalue weighted by Crippen LogP contribution is -2.47. The first-order valence-electron chi connectivity index (χ1n) is 4.95. The Morgan fingerprint density at radius 2 is 2.27 bits per heavy atom. The lowest BCUT2D eigenvalue weighted by atomic mass is 9.78. The van der Waals surface area contributed by atoms with Crippen molar-refractivity contribution in [2.75, 3.05) is 13.1 Å². The molecule has 0 saturated carbocycles. The van der Waals surface area contributed by atoms with Crippen molar-refractivity contribution in [2.24, 2.45) is 11.1 Å². The van der Waals surface area contributed by atoms with Crippen LogP contribution in [0.5, 0.6) is 0 Å². The molecule has 5 nitrogen and oxygen atoms in total. The van der Waals surface area contributed by atoms with E-state index in [-0.39, 0.29) is 35.7 Å². The number of piperidine rings is 1. The number of nitrogens with two attached hydrogens (primary N) is 1. The van der Waals surface area contributed by atoms with E-state index < -0.39 is 0 Å². The van der Waals surface area contributed by atoms with Crippen LogP contribution in [-0.4, -0.2) is 30.9 Å². The van der Waals surface area contributed by atoms with Crippen LogP contribution in [-0.2, 0) is 9.59 Å². The van der Waals surface area contributed by atoms with Crippen LogP contribution in [0.2, 0.25) is 0 Å². The molecule has 6 heteroatoms. The van der Waals surface area contributed by atoms with E-state index in [0.29, 0.717) is 13.0 Å². The summed E-state index contributed by atoms with van der Waals surface area (Å²) < 4.78 is 0. The quantitative estimate of drug-likeness (QED) is 0.552. The number of carbonyl (C=O) groups excluding carboxylic acids is 2. The normalized spacial score (nSPS) is 34.7. The number of hydrogen-bond donors (Lipinski definition) is 3. The van der Waals surface area contributed by atoms with Crippen LogP contribution in [0, 0.1) is 5.41 Å². The number of primary amides is 1. The molecule has 2 atom stereocenters. The maximum atomic E-state index is 11.7. The summed E-state index contributed by atoms with van der Waals surface area (Å²) in [6.07, 6.45) is 2.39. The lowest BCUT2D eigenvalue weighted by Gasteiger charge is -2.31. The third-order valence-corrected chi connectivity index (χ3v) is 3.22. The highest BCUT2D eigenvalue weighted by atomic mass is 35.5. The molecule has 0 aromatic carbocycles. The maximum Gasteiger partial charge on any atom is 0.234 e. The second-order valence-corrected chi connectivity index (χ2v) is 4.18. The minimum Gasteiger partial charge on any atom is -0.368 e. The number of rotatable bonds is 1. The van der Waals surface area contributed by atoms with E-state index in [1.165, 1.54) is 0 Å². The molecular formula is C9H16ClN3O2. The fourth-order valence-corrected chi connectivity index (χ4v) is 2.35. The Morgan fingerprint density at radius 3 is 2.80 bits per heavy atom. The summed E-state index contributed by atoms with van der Waals surface area (Å²) in [7, 11) is 0. The van der Waals surface area contributed by atoms with Gasteiger partial charge in [-0.25, -0.2) is 0 Å². The van der Waals surface area contributed by atoms with Gasteiger partial charge in [-0.15, -0.1) is 12.4 Å². The molecule has 2 saturated heterocycles. The smallest absolute Gasteiger partial charge is 0.234 e. The fourth-order valence-electron chi connectivity index (χ4n) is 2.35. The second kappa shape index (κ2) is 4.37. The van der Waals surface area contributed by atoms with Crippen LogP contribution >= 0.6 is 12.4 Å². The van der Waals surface area contributed by atoms with Crippen molar-refractivity contribution >= 4 is 24.2 Å². The van der Waals surface area contributed by atoms with Gasteiger partial charge in [0.15, 0.2) is 0 Å². The summed E-state index contributed by atoms with van der Waals surface area (Å²) in [6, 6.07) is -0.334. The molecule has 2 rings (SSSR count). The Labute approximate surface area is 94.6 Å². The Morgan fingerprint density at radius 1 is 1.53 bits per heavy atom. The average molecular weight is 234 g/mol. The third-order valence-electron chi connectivity index (χ3n) is 3.22. The van der Waals surface area contributed by atoms with Gasteiger partial charge in [0.2, 0.25) is 11.8 Å². The zero-order valence-corrected chi connectivity index (χ0v) is 9.23. The summed E-state index contributed by atoms with van der Waals surface area (Å²) >= 11 is 0. The van der Waals surface area contributed by atoms with Crippen molar-refractivity contribution in [3.63, 3.8) is 0 Å². The van der Waals surface area contributed by atoms with E-state index in [2.05, 4.69) is 10.6 Å². The van der Waals surface area contributed by atoms with Gasteiger partial charge in [-0.3, -0.25) is 9.59 Å². The van der Waals surface area contributed by atoms with Gasteiger partial charge >= 0.3 is 0 Å². The van der Waals surface area contributed by atoms with E-state index >= 15 is 0 Å². The van der Waals surface area contributed by atoms with Crippen molar-refractivity contribution in [3.05, 3.63) is 0 Å². The molecule has 2 amide bonds. The SMILES string of the molecule is Cl.NC(=O)[C@@H]1C[C@@]2(CCCNC2=O)CN1. The summed E-state index contributed by atoms with van der Waals surface area (Å²) in [5.41, 5.74) is 4.82. The van der Waals surface area contributed by atoms with Crippen molar-refractivity contribution in [1.29, 1.82) is 0 Å². The maximum absolute atomic E-state index is 11.7. The molecule has 15 heavy (non-hydrogen) atoms. The molecular weight excluding hydrogens is 218 g/mol. The molecule has 0 aromatic heterocycles. The van der Waals surface area contributed by atoms with Crippen LogP contribution in [0.3, 0.4) is 0 Å². The summed E-state index contributed by atoms with van der Waals surface area (Å²) in [6.45, 7) is 1.33. The molecule has 0 unspecified atom stereocenters. The predicted octanol–water partition coefficient (Wildman–Crippen LogP) is -0.848. The molecule has 2 aliphatic rings. The van der Waals surface area contributed by atoms with Gasteiger partial charge in [0.1, 0.15) is 0 Å². The van der Waals surface area contributed by atoms with E-state index in [1.807, 2.05) is 0 Å². The Bertz CT molecular complexity index is 285. The molecule has 0 bridgehead atoms. The van der Waals surface area contributed by atoms with Crippen LogP contribution < -0.4 is 16.4 Å². The highest BCUT2D eigenvalue weighted by Gasteiger charge is 2.47. The van der Waals surface area contributed by atoms with Crippen molar-refractivity contribution in [2.45, 2.75) is 25.3 Å². The van der Waals surface area contributed by atoms with Crippen LogP contribution in [0.1, 0.15) is 19.3 Å². The van der Waals surface area contributed by atoms with Gasteiger partial charge in [-0.05, 0) is 19.3 Å². The molecule has 86 valence electrons. The summed E-state index contributed by atoms with van der Waals surface area (Å²) in [5, 5.41) is 5.85. The van der Waals surface area contributed by atoms with E-state index in [1.54, 1.807) is 0 Å². The minimum atomic E-state index is -0.377. The van der Waals surface area contributed by atoms with E-state index in [9.17, 15) is 9.59 Å². The molecule has 4 N–H and O–H groups in total. The van der Waals surface area contributed by atoms with Crippen molar-refractivity contribution in [3.8, 4) is 0 Å². The van der Waals surface area contributed by atoms with Crippen molar-refractivity contribution < 1.29 is 9.59 Å². The Hall–Kier alpha value is -0.810. The monoisotopic (exact) mass is 233 g/mol. The predicted molar refractivity (Wildman–Crippen MR) is 57.5 cm³/mol. The van der Waals surface area contributed by atoms with E-state index in [4.69, 9.17) is 5.73 Å². The lowest BCUT2D eigenvalue weighted by molar-refractivity contribution is -0.132. The number of carbonyl (C=O) groups is 2. The number of halogens is 1. The molecule has 1 spiro atoms. The molecule has 0 aromatic rings. The van der Waals surface area contributed by atoms with Gasteiger partial charge < -0.3 is 16.4 Å². The topological polar surface area (TPSA) is 84.2 Å².